The zero-order valence-electron chi connectivity index (χ0n) is 14.5. The Bertz CT molecular complexity index is 678. The molecule has 3 rings (SSSR count). The highest BCUT2D eigenvalue weighted by Gasteiger charge is 2.29. The predicted molar refractivity (Wildman–Crippen MR) is 97.3 cm³/mol. The first-order valence-corrected chi connectivity index (χ1v) is 8.76. The Balaban J connectivity index is 1.73. The van der Waals surface area contributed by atoms with Crippen LogP contribution in [-0.4, -0.2) is 45.2 Å². The molecule has 1 amide bonds. The van der Waals surface area contributed by atoms with Crippen LogP contribution in [0.5, 0.6) is 0 Å². The number of carbonyl (C=O) groups excluding carboxylic acids is 1. The van der Waals surface area contributed by atoms with E-state index in [9.17, 15) is 4.79 Å². The van der Waals surface area contributed by atoms with Gasteiger partial charge in [-0.2, -0.15) is 0 Å². The van der Waals surface area contributed by atoms with Crippen LogP contribution in [0.2, 0.25) is 0 Å². The summed E-state index contributed by atoms with van der Waals surface area (Å²) in [4.78, 5) is 15.7. The number of likely N-dealkylation sites (N-methyl/N-ethyl adjacent to an activating group) is 1. The minimum absolute atomic E-state index is 0.0260. The molecule has 1 heterocycles. The van der Waals surface area contributed by atoms with Crippen molar-refractivity contribution in [2.75, 3.05) is 38.5 Å². The standard InChI is InChI=1S/C20H25N3O/c1-16(23-14-12-22(2)13-15-23)20(24)21-19-11-7-6-10-18(19)17-8-4-3-5-9-17/h3-11,16H,12-15H2,1-2H3,(H,21,24)/p+2/t16-/m1/s1. The maximum absolute atomic E-state index is 12.7. The molecule has 2 aromatic rings. The summed E-state index contributed by atoms with van der Waals surface area (Å²) in [6.45, 7) is 6.42. The summed E-state index contributed by atoms with van der Waals surface area (Å²) in [6.07, 6.45) is 0. The number of amides is 1. The Morgan fingerprint density at radius 1 is 0.958 bits per heavy atom. The van der Waals surface area contributed by atoms with E-state index < -0.39 is 0 Å². The number of benzene rings is 2. The molecule has 0 radical (unpaired) electrons. The zero-order valence-corrected chi connectivity index (χ0v) is 14.5. The van der Waals surface area contributed by atoms with Crippen LogP contribution < -0.4 is 15.1 Å². The Morgan fingerprint density at radius 3 is 2.29 bits per heavy atom. The summed E-state index contributed by atoms with van der Waals surface area (Å²) in [5.74, 6) is 0.105. The Kier molecular flexibility index (Phi) is 5.28. The lowest BCUT2D eigenvalue weighted by Gasteiger charge is -2.31. The van der Waals surface area contributed by atoms with Gasteiger partial charge in [0.1, 0.15) is 26.2 Å². The molecule has 2 aromatic carbocycles. The van der Waals surface area contributed by atoms with E-state index in [1.165, 1.54) is 4.90 Å². The molecule has 1 aliphatic heterocycles. The maximum Gasteiger partial charge on any atom is 0.282 e. The molecule has 4 heteroatoms. The van der Waals surface area contributed by atoms with E-state index in [1.807, 2.05) is 43.3 Å². The topological polar surface area (TPSA) is 38.0 Å². The third-order valence-corrected chi connectivity index (χ3v) is 5.02. The van der Waals surface area contributed by atoms with Crippen molar-refractivity contribution in [2.45, 2.75) is 13.0 Å². The molecule has 3 N–H and O–H groups in total. The van der Waals surface area contributed by atoms with Gasteiger partial charge in [-0.25, -0.2) is 0 Å². The zero-order chi connectivity index (χ0) is 16.9. The van der Waals surface area contributed by atoms with Gasteiger partial charge in [-0.05, 0) is 18.6 Å². The van der Waals surface area contributed by atoms with Gasteiger partial charge >= 0.3 is 0 Å². The number of anilines is 1. The van der Waals surface area contributed by atoms with E-state index >= 15 is 0 Å². The van der Waals surface area contributed by atoms with Gasteiger partial charge in [0.05, 0.1) is 7.05 Å². The van der Waals surface area contributed by atoms with Crippen molar-refractivity contribution in [2.24, 2.45) is 0 Å². The van der Waals surface area contributed by atoms with Gasteiger partial charge in [0.15, 0.2) is 6.04 Å². The smallest absolute Gasteiger partial charge is 0.282 e. The van der Waals surface area contributed by atoms with Crippen LogP contribution in [0.4, 0.5) is 5.69 Å². The molecule has 0 saturated carbocycles. The van der Waals surface area contributed by atoms with E-state index in [2.05, 4.69) is 30.6 Å². The van der Waals surface area contributed by atoms with Crippen molar-refractivity contribution in [3.05, 3.63) is 54.6 Å². The molecular weight excluding hydrogens is 298 g/mol. The highest BCUT2D eigenvalue weighted by atomic mass is 16.2. The number of piperazine rings is 1. The van der Waals surface area contributed by atoms with Gasteiger partial charge < -0.3 is 15.1 Å². The third-order valence-electron chi connectivity index (χ3n) is 5.02. The van der Waals surface area contributed by atoms with Gasteiger partial charge in [-0.15, -0.1) is 0 Å². The van der Waals surface area contributed by atoms with Crippen molar-refractivity contribution in [1.29, 1.82) is 0 Å². The van der Waals surface area contributed by atoms with Crippen molar-refractivity contribution in [1.82, 2.24) is 0 Å². The lowest BCUT2D eigenvalue weighted by Crippen LogP contribution is -3.29. The minimum Gasteiger partial charge on any atom is -0.328 e. The molecule has 1 aliphatic rings. The third kappa shape index (κ3) is 3.83. The van der Waals surface area contributed by atoms with E-state index in [0.29, 0.717) is 0 Å². The first-order valence-electron chi connectivity index (χ1n) is 8.76. The van der Waals surface area contributed by atoms with E-state index in [1.54, 1.807) is 4.90 Å². The molecule has 1 saturated heterocycles. The van der Waals surface area contributed by atoms with Crippen molar-refractivity contribution in [3.63, 3.8) is 0 Å². The van der Waals surface area contributed by atoms with Crippen molar-refractivity contribution in [3.8, 4) is 11.1 Å². The fourth-order valence-electron chi connectivity index (χ4n) is 3.32. The first kappa shape index (κ1) is 16.7. The van der Waals surface area contributed by atoms with E-state index in [0.717, 1.165) is 43.0 Å². The lowest BCUT2D eigenvalue weighted by atomic mass is 10.0. The molecule has 0 aliphatic carbocycles. The first-order chi connectivity index (χ1) is 11.6. The van der Waals surface area contributed by atoms with Crippen LogP contribution in [0.25, 0.3) is 11.1 Å². The van der Waals surface area contributed by atoms with E-state index in [4.69, 9.17) is 0 Å². The molecule has 4 nitrogen and oxygen atoms in total. The second kappa shape index (κ2) is 7.60. The summed E-state index contributed by atoms with van der Waals surface area (Å²) in [5.41, 5.74) is 3.08. The van der Waals surface area contributed by atoms with Crippen molar-refractivity contribution >= 4 is 11.6 Å². The molecule has 126 valence electrons. The van der Waals surface area contributed by atoms with Crippen LogP contribution in [0, 0.1) is 0 Å². The number of nitrogens with one attached hydrogen (secondary N) is 3. The summed E-state index contributed by atoms with van der Waals surface area (Å²) in [5, 5.41) is 3.15. The van der Waals surface area contributed by atoms with Gasteiger partial charge in [-0.1, -0.05) is 48.5 Å². The SMILES string of the molecule is C[C@H](C(=O)Nc1ccccc1-c1ccccc1)[NH+]1CC[NH+](C)CC1. The molecule has 0 spiro atoms. The second-order valence-corrected chi connectivity index (χ2v) is 6.74. The predicted octanol–water partition coefficient (Wildman–Crippen LogP) is 0.0938. The Hall–Kier alpha value is -2.17. The highest BCUT2D eigenvalue weighted by Crippen LogP contribution is 2.27. The highest BCUT2D eigenvalue weighted by molar-refractivity contribution is 5.97. The number of hydrogen-bond acceptors (Lipinski definition) is 1. The lowest BCUT2D eigenvalue weighted by molar-refractivity contribution is -1.01. The normalized spacial score (nSPS) is 21.9. The molecule has 1 atom stereocenters. The quantitative estimate of drug-likeness (QED) is 0.733. The Morgan fingerprint density at radius 2 is 1.58 bits per heavy atom. The summed E-state index contributed by atoms with van der Waals surface area (Å²) in [6, 6.07) is 18.2. The molecule has 24 heavy (non-hydrogen) atoms. The van der Waals surface area contributed by atoms with Crippen LogP contribution in [-0.2, 0) is 4.79 Å². The van der Waals surface area contributed by atoms with Gasteiger partial charge in [0.2, 0.25) is 0 Å². The average molecular weight is 325 g/mol. The van der Waals surface area contributed by atoms with Crippen LogP contribution >= 0.6 is 0 Å². The van der Waals surface area contributed by atoms with Crippen molar-refractivity contribution < 1.29 is 14.6 Å². The summed E-state index contributed by atoms with van der Waals surface area (Å²) >= 11 is 0. The number of carbonyl (C=O) groups is 1. The maximum atomic E-state index is 12.7. The fourth-order valence-corrected chi connectivity index (χ4v) is 3.32. The largest absolute Gasteiger partial charge is 0.328 e. The molecule has 1 fully saturated rings. The Labute approximate surface area is 144 Å². The number of quaternary nitrogens is 2. The molecule has 0 aromatic heterocycles. The van der Waals surface area contributed by atoms with Gasteiger partial charge in [0, 0.05) is 11.3 Å². The van der Waals surface area contributed by atoms with E-state index in [-0.39, 0.29) is 11.9 Å². The molecular formula is C20H27N3O+2. The average Bonchev–Trinajstić information content (AvgIpc) is 2.63. The second-order valence-electron chi connectivity index (χ2n) is 6.74. The number of para-hydroxylation sites is 1. The summed E-state index contributed by atoms with van der Waals surface area (Å²) < 4.78 is 0. The van der Waals surface area contributed by atoms with Gasteiger partial charge in [0.25, 0.3) is 5.91 Å². The number of rotatable bonds is 4. The number of hydrogen-bond donors (Lipinski definition) is 3. The monoisotopic (exact) mass is 325 g/mol. The van der Waals surface area contributed by atoms with Crippen LogP contribution in [0.3, 0.4) is 0 Å². The minimum atomic E-state index is -0.0260. The fraction of sp³-hybridized carbons (Fsp3) is 0.350. The van der Waals surface area contributed by atoms with Crippen LogP contribution in [0.15, 0.2) is 54.6 Å². The molecule has 0 unspecified atom stereocenters. The molecule has 0 bridgehead atoms. The summed E-state index contributed by atoms with van der Waals surface area (Å²) in [7, 11) is 2.22. The van der Waals surface area contributed by atoms with Crippen LogP contribution in [0.1, 0.15) is 6.92 Å². The van der Waals surface area contributed by atoms with Gasteiger partial charge in [-0.3, -0.25) is 4.79 Å².